The van der Waals surface area contributed by atoms with Crippen LogP contribution in [0.5, 0.6) is 0 Å². The minimum atomic E-state index is -0.0984. The maximum Gasteiger partial charge on any atom is 0.315 e. The highest BCUT2D eigenvalue weighted by Gasteiger charge is 2.57. The summed E-state index contributed by atoms with van der Waals surface area (Å²) in [7, 11) is 0. The number of likely N-dealkylation sites (tertiary alicyclic amines) is 1. The van der Waals surface area contributed by atoms with Crippen molar-refractivity contribution >= 4 is 11.9 Å². The molecule has 3 amide bonds. The van der Waals surface area contributed by atoms with Crippen LogP contribution in [0.3, 0.4) is 0 Å². The molecule has 0 bridgehead atoms. The van der Waals surface area contributed by atoms with E-state index in [2.05, 4.69) is 34.9 Å². The number of nitrogens with one attached hydrogen (secondary N) is 2. The third kappa shape index (κ3) is 2.66. The molecule has 1 heterocycles. The maximum atomic E-state index is 12.1. The van der Waals surface area contributed by atoms with Gasteiger partial charge in [0.25, 0.3) is 0 Å². The summed E-state index contributed by atoms with van der Waals surface area (Å²) in [6.07, 6.45) is 4.41. The Hall–Kier alpha value is -2.04. The zero-order chi connectivity index (χ0) is 16.7. The Morgan fingerprint density at radius 1 is 1.33 bits per heavy atom. The molecule has 1 spiro atoms. The normalized spacial score (nSPS) is 30.3. The van der Waals surface area contributed by atoms with Crippen molar-refractivity contribution < 1.29 is 9.59 Å². The van der Waals surface area contributed by atoms with E-state index in [4.69, 9.17) is 0 Å². The van der Waals surface area contributed by atoms with Crippen LogP contribution < -0.4 is 10.6 Å². The molecule has 1 saturated carbocycles. The Bertz CT molecular complexity index is 674. The first kappa shape index (κ1) is 15.5. The smallest absolute Gasteiger partial charge is 0.315 e. The molecule has 5 heteroatoms. The number of nitrogens with zero attached hydrogens (tertiary/aromatic N) is 1. The molecule has 5 nitrogen and oxygen atoms in total. The highest BCUT2D eigenvalue weighted by molar-refractivity contribution is 5.75. The Morgan fingerprint density at radius 3 is 2.96 bits per heavy atom. The van der Waals surface area contributed by atoms with Crippen molar-refractivity contribution in [3.63, 3.8) is 0 Å². The van der Waals surface area contributed by atoms with E-state index in [1.165, 1.54) is 30.4 Å². The molecule has 1 saturated heterocycles. The van der Waals surface area contributed by atoms with E-state index < -0.39 is 0 Å². The van der Waals surface area contributed by atoms with Gasteiger partial charge in [-0.15, -0.1) is 0 Å². The molecule has 4 rings (SSSR count). The number of urea groups is 1. The Labute approximate surface area is 142 Å². The van der Waals surface area contributed by atoms with Gasteiger partial charge in [0.2, 0.25) is 5.91 Å². The topological polar surface area (TPSA) is 61.4 Å². The second kappa shape index (κ2) is 5.80. The highest BCUT2D eigenvalue weighted by atomic mass is 16.2. The molecule has 1 aliphatic heterocycles. The van der Waals surface area contributed by atoms with Gasteiger partial charge in [-0.2, -0.15) is 0 Å². The van der Waals surface area contributed by atoms with Gasteiger partial charge >= 0.3 is 6.03 Å². The van der Waals surface area contributed by atoms with Crippen molar-refractivity contribution in [1.82, 2.24) is 15.5 Å². The minimum absolute atomic E-state index is 0.0780. The summed E-state index contributed by atoms with van der Waals surface area (Å²) in [5.41, 5.74) is 3.31. The number of amides is 3. The monoisotopic (exact) mass is 327 g/mol. The van der Waals surface area contributed by atoms with E-state index in [0.29, 0.717) is 17.9 Å². The first-order valence-corrected chi connectivity index (χ1v) is 8.97. The highest BCUT2D eigenvalue weighted by Crippen LogP contribution is 2.61. The number of hydrogen-bond acceptors (Lipinski definition) is 2. The summed E-state index contributed by atoms with van der Waals surface area (Å²) in [5, 5.41) is 6.05. The molecular formula is C19H25N3O2. The third-order valence-electron chi connectivity index (χ3n) is 6.10. The lowest BCUT2D eigenvalue weighted by Crippen LogP contribution is -2.44. The van der Waals surface area contributed by atoms with Crippen LogP contribution in [0, 0.1) is 5.92 Å². The third-order valence-corrected chi connectivity index (χ3v) is 6.10. The van der Waals surface area contributed by atoms with Crippen molar-refractivity contribution in [2.75, 3.05) is 19.6 Å². The van der Waals surface area contributed by atoms with E-state index in [-0.39, 0.29) is 18.0 Å². The van der Waals surface area contributed by atoms with E-state index in [1.54, 1.807) is 11.8 Å². The first-order chi connectivity index (χ1) is 11.6. The van der Waals surface area contributed by atoms with Gasteiger partial charge in [0.05, 0.1) is 0 Å². The van der Waals surface area contributed by atoms with E-state index in [9.17, 15) is 9.59 Å². The molecule has 1 aromatic rings. The summed E-state index contributed by atoms with van der Waals surface area (Å²) >= 11 is 0. The molecule has 2 fully saturated rings. The lowest BCUT2D eigenvalue weighted by atomic mass is 9.95. The van der Waals surface area contributed by atoms with Crippen LogP contribution in [-0.4, -0.2) is 42.5 Å². The molecule has 0 aromatic heterocycles. The maximum absolute atomic E-state index is 12.1. The van der Waals surface area contributed by atoms with Crippen LogP contribution in [0.15, 0.2) is 24.3 Å². The molecule has 24 heavy (non-hydrogen) atoms. The zero-order valence-electron chi connectivity index (χ0n) is 14.2. The fourth-order valence-electron chi connectivity index (χ4n) is 4.62. The van der Waals surface area contributed by atoms with Gasteiger partial charge in [-0.1, -0.05) is 24.3 Å². The predicted molar refractivity (Wildman–Crippen MR) is 91.7 cm³/mol. The lowest BCUT2D eigenvalue weighted by molar-refractivity contribution is -0.127. The van der Waals surface area contributed by atoms with Crippen LogP contribution in [0.1, 0.15) is 37.3 Å². The standard InChI is InChI=1S/C19H25N3O2/c1-13(23)22-9-7-16(12-22)21-18(24)20-11-15-10-19(15)8-6-14-4-2-3-5-17(14)19/h2-5,15-16H,6-12H2,1H3,(H2,20,21,24). The summed E-state index contributed by atoms with van der Waals surface area (Å²) in [5.74, 6) is 0.642. The van der Waals surface area contributed by atoms with Crippen molar-refractivity contribution in [3.8, 4) is 0 Å². The molecule has 3 aliphatic rings. The molecule has 3 atom stereocenters. The average molecular weight is 327 g/mol. The van der Waals surface area contributed by atoms with Gasteiger partial charge in [-0.3, -0.25) is 4.79 Å². The zero-order valence-corrected chi connectivity index (χ0v) is 14.2. The summed E-state index contributed by atoms with van der Waals surface area (Å²) in [6, 6.07) is 8.72. The molecular weight excluding hydrogens is 302 g/mol. The second-order valence-corrected chi connectivity index (χ2v) is 7.52. The average Bonchev–Trinajstić information content (AvgIpc) is 2.90. The number of fused-ring (bicyclic) bond motifs is 2. The fraction of sp³-hybridized carbons (Fsp3) is 0.579. The van der Waals surface area contributed by atoms with E-state index in [1.807, 2.05) is 0 Å². The number of benzene rings is 1. The quantitative estimate of drug-likeness (QED) is 0.889. The molecule has 2 N–H and O–H groups in total. The van der Waals surface area contributed by atoms with Crippen LogP contribution >= 0.6 is 0 Å². The van der Waals surface area contributed by atoms with Crippen molar-refractivity contribution in [3.05, 3.63) is 35.4 Å². The van der Waals surface area contributed by atoms with Crippen LogP contribution in [-0.2, 0) is 16.6 Å². The minimum Gasteiger partial charge on any atom is -0.341 e. The first-order valence-electron chi connectivity index (χ1n) is 8.97. The van der Waals surface area contributed by atoms with Crippen molar-refractivity contribution in [2.45, 2.75) is 44.1 Å². The SMILES string of the molecule is CC(=O)N1CCC(NC(=O)NCC2CC23CCc2ccccc23)C1. The molecule has 3 unspecified atom stereocenters. The molecule has 1 aromatic carbocycles. The largest absolute Gasteiger partial charge is 0.341 e. The molecule has 0 radical (unpaired) electrons. The number of carbonyl (C=O) groups excluding carboxylic acids is 2. The second-order valence-electron chi connectivity index (χ2n) is 7.52. The Morgan fingerprint density at radius 2 is 2.17 bits per heavy atom. The Kier molecular flexibility index (Phi) is 3.74. The van der Waals surface area contributed by atoms with Crippen LogP contribution in [0.2, 0.25) is 0 Å². The van der Waals surface area contributed by atoms with E-state index >= 15 is 0 Å². The Balaban J connectivity index is 1.26. The molecule has 2 aliphatic carbocycles. The van der Waals surface area contributed by atoms with Gasteiger partial charge in [0.1, 0.15) is 0 Å². The van der Waals surface area contributed by atoms with Gasteiger partial charge < -0.3 is 15.5 Å². The van der Waals surface area contributed by atoms with Gasteiger partial charge in [0, 0.05) is 38.0 Å². The van der Waals surface area contributed by atoms with Crippen molar-refractivity contribution in [2.24, 2.45) is 5.92 Å². The van der Waals surface area contributed by atoms with E-state index in [0.717, 1.165) is 19.5 Å². The number of aryl methyl sites for hydroxylation is 1. The van der Waals surface area contributed by atoms with Crippen molar-refractivity contribution in [1.29, 1.82) is 0 Å². The van der Waals surface area contributed by atoms with Crippen LogP contribution in [0.4, 0.5) is 4.79 Å². The number of hydrogen-bond donors (Lipinski definition) is 2. The fourth-order valence-corrected chi connectivity index (χ4v) is 4.62. The lowest BCUT2D eigenvalue weighted by Gasteiger charge is -2.16. The van der Waals surface area contributed by atoms with Gasteiger partial charge in [-0.05, 0) is 42.7 Å². The van der Waals surface area contributed by atoms with Gasteiger partial charge in [-0.25, -0.2) is 4.79 Å². The number of carbonyl (C=O) groups is 2. The summed E-state index contributed by atoms with van der Waals surface area (Å²) in [4.78, 5) is 25.3. The number of rotatable bonds is 3. The molecule has 128 valence electrons. The predicted octanol–water partition coefficient (Wildman–Crippen LogP) is 1.81. The van der Waals surface area contributed by atoms with Crippen LogP contribution in [0.25, 0.3) is 0 Å². The van der Waals surface area contributed by atoms with Gasteiger partial charge in [0.15, 0.2) is 0 Å². The summed E-state index contributed by atoms with van der Waals surface area (Å²) < 4.78 is 0. The summed E-state index contributed by atoms with van der Waals surface area (Å²) in [6.45, 7) is 3.68.